The number of nitrogens with one attached hydrogen (secondary N) is 1. The molecule has 17 heavy (non-hydrogen) atoms. The lowest BCUT2D eigenvalue weighted by atomic mass is 9.71. The maximum absolute atomic E-state index is 11.9. The summed E-state index contributed by atoms with van der Waals surface area (Å²) in [5, 5.41) is 11.0. The second-order valence-electron chi connectivity index (χ2n) is 5.09. The van der Waals surface area contributed by atoms with E-state index in [9.17, 15) is 9.59 Å². The Morgan fingerprint density at radius 1 is 1.35 bits per heavy atom. The minimum atomic E-state index is -1.01. The lowest BCUT2D eigenvalue weighted by Gasteiger charge is -2.34. The van der Waals surface area contributed by atoms with Gasteiger partial charge in [0.05, 0.1) is 0 Å². The van der Waals surface area contributed by atoms with E-state index < -0.39 is 5.97 Å². The molecule has 0 bridgehead atoms. The summed E-state index contributed by atoms with van der Waals surface area (Å²) in [6.07, 6.45) is 2.91. The van der Waals surface area contributed by atoms with Crippen LogP contribution < -0.4 is 5.32 Å². The van der Waals surface area contributed by atoms with Crippen LogP contribution in [-0.2, 0) is 9.59 Å². The minimum Gasteiger partial charge on any atom is -0.480 e. The zero-order chi connectivity index (χ0) is 13.0. The fourth-order valence-corrected chi connectivity index (χ4v) is 2.55. The molecule has 0 aromatic heterocycles. The molecule has 0 heterocycles. The third-order valence-corrected chi connectivity index (χ3v) is 3.50. The summed E-state index contributed by atoms with van der Waals surface area (Å²) >= 11 is 0. The number of rotatable bonds is 4. The third-order valence-electron chi connectivity index (χ3n) is 3.50. The first-order valence-electron chi connectivity index (χ1n) is 6.06. The Labute approximate surface area is 102 Å². The van der Waals surface area contributed by atoms with E-state index in [0.717, 1.165) is 24.8 Å². The molecule has 0 aliphatic heterocycles. The number of carbonyl (C=O) groups is 2. The van der Waals surface area contributed by atoms with Crippen molar-refractivity contribution >= 4 is 11.9 Å². The van der Waals surface area contributed by atoms with E-state index in [4.69, 9.17) is 5.11 Å². The average Bonchev–Trinajstić information content (AvgIpc) is 2.25. The molecule has 0 spiro atoms. The summed E-state index contributed by atoms with van der Waals surface area (Å²) < 4.78 is 0. The van der Waals surface area contributed by atoms with Crippen molar-refractivity contribution in [2.45, 2.75) is 33.1 Å². The van der Waals surface area contributed by atoms with Crippen LogP contribution in [0.4, 0.5) is 0 Å². The van der Waals surface area contributed by atoms with Crippen LogP contribution in [-0.4, -0.2) is 23.5 Å². The van der Waals surface area contributed by atoms with Crippen LogP contribution in [0.3, 0.4) is 0 Å². The molecular formula is C13H21NO3. The number of hydrogen-bond acceptors (Lipinski definition) is 2. The monoisotopic (exact) mass is 239 g/mol. The molecule has 2 N–H and O–H groups in total. The Hall–Kier alpha value is -1.32. The molecule has 1 aliphatic carbocycles. The summed E-state index contributed by atoms with van der Waals surface area (Å²) in [6.45, 7) is 7.71. The molecule has 0 aromatic rings. The first-order valence-corrected chi connectivity index (χ1v) is 6.06. The number of allylic oxidation sites excluding steroid dienone is 1. The second-order valence-corrected chi connectivity index (χ2v) is 5.09. The van der Waals surface area contributed by atoms with Gasteiger partial charge in [0.1, 0.15) is 6.54 Å². The van der Waals surface area contributed by atoms with Crippen LogP contribution in [0, 0.1) is 17.8 Å². The largest absolute Gasteiger partial charge is 0.480 e. The van der Waals surface area contributed by atoms with Crippen LogP contribution in [0.1, 0.15) is 33.1 Å². The molecule has 0 aromatic carbocycles. The number of carbonyl (C=O) groups excluding carboxylic acids is 1. The maximum atomic E-state index is 11.9. The Morgan fingerprint density at radius 3 is 2.53 bits per heavy atom. The van der Waals surface area contributed by atoms with Crippen molar-refractivity contribution in [3.63, 3.8) is 0 Å². The van der Waals surface area contributed by atoms with E-state index in [1.54, 1.807) is 0 Å². The van der Waals surface area contributed by atoms with Crippen LogP contribution in [0.15, 0.2) is 12.2 Å². The van der Waals surface area contributed by atoms with Crippen LogP contribution in [0.5, 0.6) is 0 Å². The predicted molar refractivity (Wildman–Crippen MR) is 65.5 cm³/mol. The number of carboxylic acids is 1. The van der Waals surface area contributed by atoms with Gasteiger partial charge in [0.15, 0.2) is 0 Å². The Balaban J connectivity index is 2.65. The smallest absolute Gasteiger partial charge is 0.322 e. The van der Waals surface area contributed by atoms with Gasteiger partial charge in [-0.2, -0.15) is 0 Å². The standard InChI is InChI=1S/C13H21NO3/c1-8(2)10-5-4-9(3)6-11(10)13(17)14-7-12(15)16/h9-11H,1,4-7H2,2-3H3,(H,14,17)(H,15,16). The normalized spacial score (nSPS) is 28.5. The Bertz CT molecular complexity index is 325. The molecule has 1 amide bonds. The minimum absolute atomic E-state index is 0.115. The highest BCUT2D eigenvalue weighted by molar-refractivity contribution is 5.83. The summed E-state index contributed by atoms with van der Waals surface area (Å²) in [5.41, 5.74) is 1.02. The van der Waals surface area contributed by atoms with Crippen molar-refractivity contribution in [3.8, 4) is 0 Å². The zero-order valence-electron chi connectivity index (χ0n) is 10.5. The van der Waals surface area contributed by atoms with Gasteiger partial charge in [-0.1, -0.05) is 25.5 Å². The van der Waals surface area contributed by atoms with Crippen molar-refractivity contribution in [2.75, 3.05) is 6.54 Å². The highest BCUT2D eigenvalue weighted by atomic mass is 16.4. The van der Waals surface area contributed by atoms with Gasteiger partial charge in [0.25, 0.3) is 0 Å². The fraction of sp³-hybridized carbons (Fsp3) is 0.692. The molecule has 4 nitrogen and oxygen atoms in total. The molecule has 3 unspecified atom stereocenters. The van der Waals surface area contributed by atoms with Crippen LogP contribution in [0.25, 0.3) is 0 Å². The predicted octanol–water partition coefficient (Wildman–Crippen LogP) is 1.82. The van der Waals surface area contributed by atoms with E-state index in [-0.39, 0.29) is 24.3 Å². The van der Waals surface area contributed by atoms with Gasteiger partial charge in [-0.25, -0.2) is 0 Å². The van der Waals surface area contributed by atoms with E-state index >= 15 is 0 Å². The summed E-state index contributed by atoms with van der Waals surface area (Å²) in [5.74, 6) is -0.553. The number of hydrogen-bond donors (Lipinski definition) is 2. The van der Waals surface area contributed by atoms with Crippen LogP contribution in [0.2, 0.25) is 0 Å². The maximum Gasteiger partial charge on any atom is 0.322 e. The highest BCUT2D eigenvalue weighted by Gasteiger charge is 2.34. The molecule has 3 atom stereocenters. The molecule has 4 heteroatoms. The van der Waals surface area contributed by atoms with Crippen molar-refractivity contribution in [1.82, 2.24) is 5.32 Å². The third kappa shape index (κ3) is 3.88. The van der Waals surface area contributed by atoms with Crippen molar-refractivity contribution < 1.29 is 14.7 Å². The van der Waals surface area contributed by atoms with Gasteiger partial charge in [-0.15, -0.1) is 0 Å². The van der Waals surface area contributed by atoms with Gasteiger partial charge in [-0.05, 0) is 31.6 Å². The van der Waals surface area contributed by atoms with Gasteiger partial charge < -0.3 is 10.4 Å². The van der Waals surface area contributed by atoms with E-state index in [1.807, 2.05) is 6.92 Å². The first-order chi connectivity index (χ1) is 7.91. The zero-order valence-corrected chi connectivity index (χ0v) is 10.5. The molecule has 1 aliphatic rings. The number of amides is 1. The topological polar surface area (TPSA) is 66.4 Å². The van der Waals surface area contributed by atoms with Gasteiger partial charge in [0.2, 0.25) is 5.91 Å². The van der Waals surface area contributed by atoms with E-state index in [1.165, 1.54) is 0 Å². The molecule has 1 fully saturated rings. The Morgan fingerprint density at radius 2 is 2.00 bits per heavy atom. The first kappa shape index (κ1) is 13.7. The summed E-state index contributed by atoms with van der Waals surface area (Å²) in [7, 11) is 0. The van der Waals surface area contributed by atoms with E-state index in [0.29, 0.717) is 5.92 Å². The molecule has 1 saturated carbocycles. The molecular weight excluding hydrogens is 218 g/mol. The van der Waals surface area contributed by atoms with Gasteiger partial charge in [-0.3, -0.25) is 9.59 Å². The quantitative estimate of drug-likeness (QED) is 0.735. The van der Waals surface area contributed by atoms with Crippen molar-refractivity contribution in [2.24, 2.45) is 17.8 Å². The molecule has 1 rings (SSSR count). The van der Waals surface area contributed by atoms with Gasteiger partial charge in [0, 0.05) is 5.92 Å². The van der Waals surface area contributed by atoms with Crippen molar-refractivity contribution in [1.29, 1.82) is 0 Å². The van der Waals surface area contributed by atoms with Crippen LogP contribution >= 0.6 is 0 Å². The SMILES string of the molecule is C=C(C)C1CCC(C)CC1C(=O)NCC(=O)O. The number of carboxylic acid groups (broad SMARTS) is 1. The Kier molecular flexibility index (Phi) is 4.73. The molecule has 0 saturated heterocycles. The molecule has 96 valence electrons. The summed E-state index contributed by atoms with van der Waals surface area (Å²) in [4.78, 5) is 22.4. The second kappa shape index (κ2) is 5.84. The molecule has 0 radical (unpaired) electrons. The lowest BCUT2D eigenvalue weighted by Crippen LogP contribution is -2.40. The fourth-order valence-electron chi connectivity index (χ4n) is 2.55. The average molecular weight is 239 g/mol. The van der Waals surface area contributed by atoms with E-state index in [2.05, 4.69) is 18.8 Å². The lowest BCUT2D eigenvalue weighted by molar-refractivity contribution is -0.139. The number of aliphatic carboxylic acids is 1. The van der Waals surface area contributed by atoms with Crippen molar-refractivity contribution in [3.05, 3.63) is 12.2 Å². The summed E-state index contributed by atoms with van der Waals surface area (Å²) in [6, 6.07) is 0. The highest BCUT2D eigenvalue weighted by Crippen LogP contribution is 2.37. The van der Waals surface area contributed by atoms with Gasteiger partial charge >= 0.3 is 5.97 Å².